The lowest BCUT2D eigenvalue weighted by Crippen LogP contribution is -2.12. The van der Waals surface area contributed by atoms with Crippen LogP contribution in [0.25, 0.3) is 21.1 Å². The fourth-order valence-electron chi connectivity index (χ4n) is 2.79. The molecule has 0 saturated heterocycles. The Morgan fingerprint density at radius 1 is 1.14 bits per heavy atom. The van der Waals surface area contributed by atoms with E-state index in [2.05, 4.69) is 19.9 Å². The summed E-state index contributed by atoms with van der Waals surface area (Å²) in [6, 6.07) is 6.52. The lowest BCUT2D eigenvalue weighted by atomic mass is 10.2. The molecular weight excluding hydrogens is 409 g/mol. The predicted molar refractivity (Wildman–Crippen MR) is 104 cm³/mol. The monoisotopic (exact) mass is 422 g/mol. The Hall–Kier alpha value is -2.46. The molecule has 144 valence electrons. The van der Waals surface area contributed by atoms with Gasteiger partial charge in [0.05, 0.1) is 16.7 Å². The Morgan fingerprint density at radius 2 is 1.89 bits per heavy atom. The molecule has 0 saturated carbocycles. The van der Waals surface area contributed by atoms with Gasteiger partial charge in [-0.05, 0) is 25.5 Å². The van der Waals surface area contributed by atoms with Gasteiger partial charge in [-0.2, -0.15) is 13.2 Å². The molecule has 3 heterocycles. The molecule has 0 bridgehead atoms. The molecule has 10 heteroatoms. The Balaban J connectivity index is 1.73. The normalized spacial score (nSPS) is 12.2. The zero-order valence-corrected chi connectivity index (χ0v) is 16.3. The SMILES string of the molecule is Cc1sc2nc(CSc3nc(C(F)(F)F)nc4ccccc34)[nH]c(=O)c2c1C. The first-order chi connectivity index (χ1) is 13.2. The topological polar surface area (TPSA) is 71.5 Å². The molecule has 0 aliphatic carbocycles. The number of H-pyrrole nitrogens is 1. The highest BCUT2D eigenvalue weighted by molar-refractivity contribution is 7.98. The highest BCUT2D eigenvalue weighted by Crippen LogP contribution is 2.33. The molecule has 0 unspecified atom stereocenters. The van der Waals surface area contributed by atoms with Gasteiger partial charge in [0.2, 0.25) is 5.82 Å². The van der Waals surface area contributed by atoms with E-state index in [0.717, 1.165) is 22.2 Å². The number of nitrogens with one attached hydrogen (secondary N) is 1. The van der Waals surface area contributed by atoms with Crippen molar-refractivity contribution in [3.8, 4) is 0 Å². The number of para-hydroxylation sites is 1. The quantitative estimate of drug-likeness (QED) is 0.377. The summed E-state index contributed by atoms with van der Waals surface area (Å²) >= 11 is 2.50. The van der Waals surface area contributed by atoms with Crippen LogP contribution < -0.4 is 5.56 Å². The van der Waals surface area contributed by atoms with Crippen LogP contribution in [0.2, 0.25) is 0 Å². The Labute approximate surface area is 165 Å². The predicted octanol–water partition coefficient (Wildman–Crippen LogP) is 4.86. The third-order valence-corrected chi connectivity index (χ3v) is 6.36. The molecule has 0 amide bonds. The smallest absolute Gasteiger partial charge is 0.309 e. The van der Waals surface area contributed by atoms with Gasteiger partial charge in [-0.15, -0.1) is 11.3 Å². The van der Waals surface area contributed by atoms with Crippen molar-refractivity contribution in [3.63, 3.8) is 0 Å². The second kappa shape index (κ2) is 6.85. The largest absolute Gasteiger partial charge is 0.451 e. The van der Waals surface area contributed by atoms with Crippen molar-refractivity contribution in [2.24, 2.45) is 0 Å². The fourth-order valence-corrected chi connectivity index (χ4v) is 4.73. The van der Waals surface area contributed by atoms with E-state index in [0.29, 0.717) is 21.4 Å². The van der Waals surface area contributed by atoms with Crippen molar-refractivity contribution in [3.05, 3.63) is 56.7 Å². The first-order valence-electron chi connectivity index (χ1n) is 8.19. The summed E-state index contributed by atoms with van der Waals surface area (Å²) in [5.41, 5.74) is 0.865. The summed E-state index contributed by atoms with van der Waals surface area (Å²) < 4.78 is 39.4. The molecular formula is C18H13F3N4OS2. The number of hydrogen-bond donors (Lipinski definition) is 1. The lowest BCUT2D eigenvalue weighted by Gasteiger charge is -2.10. The Bertz CT molecular complexity index is 1260. The summed E-state index contributed by atoms with van der Waals surface area (Å²) in [7, 11) is 0. The van der Waals surface area contributed by atoms with Crippen molar-refractivity contribution in [1.82, 2.24) is 19.9 Å². The zero-order chi connectivity index (χ0) is 20.1. The third-order valence-electron chi connectivity index (χ3n) is 4.26. The van der Waals surface area contributed by atoms with Gasteiger partial charge in [-0.1, -0.05) is 30.0 Å². The standard InChI is InChI=1S/C18H13F3N4OS2/c1-8-9(2)28-16-13(8)14(26)23-12(24-16)7-27-15-10-5-3-4-6-11(10)22-17(25-15)18(19,20)21/h3-6H,7H2,1-2H3,(H,23,24,26). The molecule has 5 nitrogen and oxygen atoms in total. The molecule has 0 atom stereocenters. The van der Waals surface area contributed by atoms with E-state index in [9.17, 15) is 18.0 Å². The Morgan fingerprint density at radius 3 is 2.64 bits per heavy atom. The van der Waals surface area contributed by atoms with E-state index in [1.807, 2.05) is 13.8 Å². The van der Waals surface area contributed by atoms with Gasteiger partial charge >= 0.3 is 6.18 Å². The van der Waals surface area contributed by atoms with Crippen molar-refractivity contribution in [1.29, 1.82) is 0 Å². The van der Waals surface area contributed by atoms with Gasteiger partial charge in [0, 0.05) is 10.3 Å². The fraction of sp³-hybridized carbons (Fsp3) is 0.222. The molecule has 1 N–H and O–H groups in total. The number of thiophene rings is 1. The number of alkyl halides is 3. The molecule has 0 fully saturated rings. The minimum absolute atomic E-state index is 0.180. The minimum Gasteiger partial charge on any atom is -0.309 e. The average molecular weight is 422 g/mol. The van der Waals surface area contributed by atoms with Crippen LogP contribution in [0, 0.1) is 13.8 Å². The molecule has 3 aromatic heterocycles. The summed E-state index contributed by atoms with van der Waals surface area (Å²) in [4.78, 5) is 28.5. The van der Waals surface area contributed by atoms with Crippen molar-refractivity contribution < 1.29 is 13.2 Å². The van der Waals surface area contributed by atoms with Crippen LogP contribution in [0.4, 0.5) is 13.2 Å². The second-order valence-electron chi connectivity index (χ2n) is 6.13. The number of thioether (sulfide) groups is 1. The molecule has 0 spiro atoms. The summed E-state index contributed by atoms with van der Waals surface area (Å²) in [5, 5.41) is 1.27. The van der Waals surface area contributed by atoms with Gasteiger partial charge in [0.15, 0.2) is 0 Å². The van der Waals surface area contributed by atoms with Crippen molar-refractivity contribution >= 4 is 44.2 Å². The van der Waals surface area contributed by atoms with Gasteiger partial charge in [-0.25, -0.2) is 15.0 Å². The number of aryl methyl sites for hydroxylation is 2. The number of benzene rings is 1. The van der Waals surface area contributed by atoms with E-state index in [4.69, 9.17) is 0 Å². The molecule has 4 aromatic rings. The van der Waals surface area contributed by atoms with Crippen LogP contribution in [0.3, 0.4) is 0 Å². The average Bonchev–Trinajstić information content (AvgIpc) is 2.93. The number of halogens is 3. The number of aromatic amines is 1. The highest BCUT2D eigenvalue weighted by Gasteiger charge is 2.35. The zero-order valence-electron chi connectivity index (χ0n) is 14.7. The molecule has 28 heavy (non-hydrogen) atoms. The van der Waals surface area contributed by atoms with Gasteiger partial charge < -0.3 is 4.98 Å². The number of nitrogens with zero attached hydrogens (tertiary/aromatic N) is 3. The molecule has 0 radical (unpaired) electrons. The van der Waals surface area contributed by atoms with Gasteiger partial charge in [-0.3, -0.25) is 4.79 Å². The van der Waals surface area contributed by atoms with Crippen molar-refractivity contribution in [2.45, 2.75) is 30.8 Å². The van der Waals surface area contributed by atoms with E-state index < -0.39 is 12.0 Å². The highest BCUT2D eigenvalue weighted by atomic mass is 32.2. The summed E-state index contributed by atoms with van der Waals surface area (Å²) in [5.74, 6) is -0.616. The summed E-state index contributed by atoms with van der Waals surface area (Å²) in [6.07, 6.45) is -4.64. The molecule has 0 aliphatic rings. The Kier molecular flexibility index (Phi) is 4.62. The molecule has 4 rings (SSSR count). The van der Waals surface area contributed by atoms with Crippen LogP contribution in [-0.4, -0.2) is 19.9 Å². The van der Waals surface area contributed by atoms with Crippen LogP contribution in [-0.2, 0) is 11.9 Å². The number of fused-ring (bicyclic) bond motifs is 2. The lowest BCUT2D eigenvalue weighted by molar-refractivity contribution is -0.145. The maximum absolute atomic E-state index is 13.1. The van der Waals surface area contributed by atoms with E-state index in [1.165, 1.54) is 17.4 Å². The third kappa shape index (κ3) is 3.37. The van der Waals surface area contributed by atoms with Crippen LogP contribution in [0.15, 0.2) is 34.1 Å². The number of rotatable bonds is 3. The first-order valence-corrected chi connectivity index (χ1v) is 10.00. The second-order valence-corrected chi connectivity index (χ2v) is 8.30. The van der Waals surface area contributed by atoms with Crippen LogP contribution in [0.5, 0.6) is 0 Å². The molecule has 0 aliphatic heterocycles. The van der Waals surface area contributed by atoms with Crippen molar-refractivity contribution in [2.75, 3.05) is 0 Å². The van der Waals surface area contributed by atoms with Crippen LogP contribution >= 0.6 is 23.1 Å². The van der Waals surface area contributed by atoms with E-state index in [-0.39, 0.29) is 21.9 Å². The van der Waals surface area contributed by atoms with Crippen LogP contribution in [0.1, 0.15) is 22.1 Å². The first kappa shape index (κ1) is 18.9. The van der Waals surface area contributed by atoms with E-state index in [1.54, 1.807) is 18.2 Å². The number of hydrogen-bond acceptors (Lipinski definition) is 6. The maximum Gasteiger partial charge on any atom is 0.451 e. The maximum atomic E-state index is 13.1. The summed E-state index contributed by atoms with van der Waals surface area (Å²) in [6.45, 7) is 3.78. The van der Waals surface area contributed by atoms with Gasteiger partial charge in [0.25, 0.3) is 5.56 Å². The minimum atomic E-state index is -4.64. The van der Waals surface area contributed by atoms with E-state index >= 15 is 0 Å². The molecule has 1 aromatic carbocycles. The number of aromatic nitrogens is 4. The van der Waals surface area contributed by atoms with Gasteiger partial charge in [0.1, 0.15) is 15.7 Å².